The van der Waals surface area contributed by atoms with Gasteiger partial charge in [0.25, 0.3) is 0 Å². The molecule has 1 atom stereocenters. The number of methoxy groups -OCH3 is 1. The first-order valence-electron chi connectivity index (χ1n) is 12.6. The van der Waals surface area contributed by atoms with Crippen molar-refractivity contribution in [2.45, 2.75) is 25.8 Å². The number of para-hydroxylation sites is 1. The van der Waals surface area contributed by atoms with Crippen molar-refractivity contribution in [1.82, 2.24) is 9.88 Å². The molecule has 1 saturated heterocycles. The average molecular weight is 539 g/mol. The molecule has 4 rings (SSSR count). The van der Waals surface area contributed by atoms with Gasteiger partial charge in [-0.25, -0.2) is 14.6 Å². The van der Waals surface area contributed by atoms with Crippen LogP contribution in [0.5, 0.6) is 5.75 Å². The number of thiazole rings is 1. The molecule has 1 aliphatic heterocycles. The molecule has 1 aliphatic rings. The van der Waals surface area contributed by atoms with Crippen molar-refractivity contribution < 1.29 is 24.2 Å². The molecular weight excluding hydrogens is 504 g/mol. The fraction of sp³-hybridized carbons (Fsp3) is 0.393. The van der Waals surface area contributed by atoms with Gasteiger partial charge >= 0.3 is 11.9 Å². The fourth-order valence-electron chi connectivity index (χ4n) is 4.32. The Morgan fingerprint density at radius 3 is 2.50 bits per heavy atom. The lowest BCUT2D eigenvalue weighted by molar-refractivity contribution is -0.141. The van der Waals surface area contributed by atoms with Crippen LogP contribution in [0, 0.1) is 6.92 Å². The molecule has 2 N–H and O–H groups in total. The quantitative estimate of drug-likeness (QED) is 0.354. The Morgan fingerprint density at radius 2 is 1.82 bits per heavy atom. The number of aromatic nitrogens is 1. The van der Waals surface area contributed by atoms with Crippen molar-refractivity contribution >= 4 is 34.1 Å². The number of nitrogens with zero attached hydrogens (tertiary/aromatic N) is 3. The number of aromatic carboxylic acids is 1. The average Bonchev–Trinajstić information content (AvgIpc) is 3.29. The van der Waals surface area contributed by atoms with Crippen molar-refractivity contribution in [2.75, 3.05) is 57.2 Å². The predicted molar refractivity (Wildman–Crippen MR) is 149 cm³/mol. The van der Waals surface area contributed by atoms with E-state index >= 15 is 0 Å². The monoisotopic (exact) mass is 538 g/mol. The third-order valence-electron chi connectivity index (χ3n) is 6.60. The minimum Gasteiger partial charge on any atom is -0.493 e. The van der Waals surface area contributed by atoms with Crippen LogP contribution in [0.3, 0.4) is 0 Å². The van der Waals surface area contributed by atoms with Crippen LogP contribution in [0.4, 0.5) is 10.8 Å². The Bertz CT molecular complexity index is 1240. The molecule has 1 fully saturated rings. The first kappa shape index (κ1) is 27.4. The van der Waals surface area contributed by atoms with Crippen LogP contribution in [0.25, 0.3) is 0 Å². The number of aryl methyl sites for hydroxylation is 1. The van der Waals surface area contributed by atoms with Gasteiger partial charge in [0, 0.05) is 49.6 Å². The zero-order valence-electron chi connectivity index (χ0n) is 22.0. The normalized spacial score (nSPS) is 14.7. The number of ether oxygens (including phenoxy) is 2. The van der Waals surface area contributed by atoms with Crippen LogP contribution in [0.1, 0.15) is 26.5 Å². The molecule has 9 nitrogen and oxygen atoms in total. The number of carbonyl (C=O) groups is 2. The van der Waals surface area contributed by atoms with Gasteiger partial charge < -0.3 is 29.7 Å². The number of nitrogens with one attached hydrogen (secondary N) is 1. The number of piperazine rings is 1. The SMILES string of the molecule is COC(=O)C(Cc1ccc(OCCc2nc(N3CCN(C)CC3)sc2C)cc1)Nc1ccccc1C(=O)O. The van der Waals surface area contributed by atoms with Crippen molar-refractivity contribution in [3.8, 4) is 5.75 Å². The summed E-state index contributed by atoms with van der Waals surface area (Å²) >= 11 is 1.75. The van der Waals surface area contributed by atoms with Crippen LogP contribution in [0.2, 0.25) is 0 Å². The predicted octanol–water partition coefficient (Wildman–Crippen LogP) is 3.72. The maximum atomic E-state index is 12.4. The summed E-state index contributed by atoms with van der Waals surface area (Å²) in [5.74, 6) is -0.804. The standard InChI is InChI=1S/C28H34N4O5S/c1-19-23(30-28(38-19)32-15-13-31(2)14-16-32)12-17-37-21-10-8-20(9-11-21)18-25(27(35)36-3)29-24-7-5-4-6-22(24)26(33)34/h4-11,25,29H,12-18H2,1-3H3,(H,33,34). The zero-order chi connectivity index (χ0) is 27.1. The van der Waals surface area contributed by atoms with E-state index in [2.05, 4.69) is 29.1 Å². The van der Waals surface area contributed by atoms with Gasteiger partial charge in [-0.15, -0.1) is 11.3 Å². The van der Waals surface area contributed by atoms with Crippen LogP contribution in [-0.4, -0.2) is 79.9 Å². The van der Waals surface area contributed by atoms with Gasteiger partial charge in [-0.1, -0.05) is 24.3 Å². The molecule has 0 amide bonds. The molecule has 1 aromatic heterocycles. The highest BCUT2D eigenvalue weighted by molar-refractivity contribution is 7.15. The van der Waals surface area contributed by atoms with E-state index in [0.717, 1.165) is 54.7 Å². The lowest BCUT2D eigenvalue weighted by atomic mass is 10.0. The number of hydrogen-bond acceptors (Lipinski definition) is 9. The Labute approximate surface area is 227 Å². The van der Waals surface area contributed by atoms with Gasteiger partial charge in [0.2, 0.25) is 0 Å². The molecule has 0 spiro atoms. The number of likely N-dealkylation sites (N-methyl/N-ethyl adjacent to an activating group) is 1. The molecule has 0 radical (unpaired) electrons. The van der Waals surface area contributed by atoms with Crippen LogP contribution < -0.4 is 15.0 Å². The Kier molecular flexibility index (Phi) is 9.19. The molecule has 2 heterocycles. The summed E-state index contributed by atoms with van der Waals surface area (Å²) in [6, 6.07) is 13.3. The smallest absolute Gasteiger partial charge is 0.337 e. The maximum Gasteiger partial charge on any atom is 0.337 e. The summed E-state index contributed by atoms with van der Waals surface area (Å²) in [5, 5.41) is 13.6. The Morgan fingerprint density at radius 1 is 1.11 bits per heavy atom. The number of benzene rings is 2. The van der Waals surface area contributed by atoms with Gasteiger partial charge in [0.15, 0.2) is 5.13 Å². The third kappa shape index (κ3) is 7.02. The molecule has 10 heteroatoms. The second kappa shape index (κ2) is 12.7. The Hall–Kier alpha value is -3.63. The molecule has 1 unspecified atom stereocenters. The molecule has 0 saturated carbocycles. The summed E-state index contributed by atoms with van der Waals surface area (Å²) in [4.78, 5) is 34.8. The number of carbonyl (C=O) groups excluding carboxylic acids is 1. The molecule has 0 bridgehead atoms. The van der Waals surface area contributed by atoms with Gasteiger partial charge in [-0.2, -0.15) is 0 Å². The Balaban J connectivity index is 1.32. The number of anilines is 2. The molecular formula is C28H34N4O5S. The van der Waals surface area contributed by atoms with E-state index in [9.17, 15) is 14.7 Å². The van der Waals surface area contributed by atoms with Crippen LogP contribution in [-0.2, 0) is 22.4 Å². The molecule has 2 aromatic carbocycles. The number of carboxylic acid groups (broad SMARTS) is 1. The van der Waals surface area contributed by atoms with E-state index in [1.165, 1.54) is 18.1 Å². The third-order valence-corrected chi connectivity index (χ3v) is 7.67. The van der Waals surface area contributed by atoms with E-state index in [1.54, 1.807) is 29.5 Å². The molecule has 38 heavy (non-hydrogen) atoms. The van der Waals surface area contributed by atoms with E-state index in [1.807, 2.05) is 24.3 Å². The largest absolute Gasteiger partial charge is 0.493 e. The molecule has 3 aromatic rings. The van der Waals surface area contributed by atoms with Gasteiger partial charge in [0.1, 0.15) is 11.8 Å². The summed E-state index contributed by atoms with van der Waals surface area (Å²) in [5.41, 5.74) is 2.43. The zero-order valence-corrected chi connectivity index (χ0v) is 22.8. The number of hydrogen-bond donors (Lipinski definition) is 2. The number of esters is 1. The van der Waals surface area contributed by atoms with E-state index in [-0.39, 0.29) is 5.56 Å². The lowest BCUT2D eigenvalue weighted by Crippen LogP contribution is -2.44. The number of rotatable bonds is 11. The first-order chi connectivity index (χ1) is 18.3. The minimum atomic E-state index is -1.07. The summed E-state index contributed by atoms with van der Waals surface area (Å²) in [7, 11) is 3.46. The van der Waals surface area contributed by atoms with Gasteiger partial charge in [-0.3, -0.25) is 0 Å². The van der Waals surface area contributed by atoms with Gasteiger partial charge in [-0.05, 0) is 43.8 Å². The van der Waals surface area contributed by atoms with Crippen LogP contribution in [0.15, 0.2) is 48.5 Å². The first-order valence-corrected chi connectivity index (χ1v) is 13.4. The molecule has 0 aliphatic carbocycles. The van der Waals surface area contributed by atoms with Crippen LogP contribution >= 0.6 is 11.3 Å². The minimum absolute atomic E-state index is 0.0937. The summed E-state index contributed by atoms with van der Waals surface area (Å²) in [6.07, 6.45) is 1.06. The topological polar surface area (TPSA) is 104 Å². The molecule has 202 valence electrons. The second-order valence-electron chi connectivity index (χ2n) is 9.31. The van der Waals surface area contributed by atoms with Crippen molar-refractivity contribution in [1.29, 1.82) is 0 Å². The van der Waals surface area contributed by atoms with Gasteiger partial charge in [0.05, 0.1) is 25.0 Å². The highest BCUT2D eigenvalue weighted by atomic mass is 32.1. The van der Waals surface area contributed by atoms with E-state index in [4.69, 9.17) is 14.5 Å². The highest BCUT2D eigenvalue weighted by Gasteiger charge is 2.22. The van der Waals surface area contributed by atoms with Crippen molar-refractivity contribution in [3.63, 3.8) is 0 Å². The van der Waals surface area contributed by atoms with Crippen molar-refractivity contribution in [3.05, 3.63) is 70.2 Å². The second-order valence-corrected chi connectivity index (χ2v) is 10.5. The maximum absolute atomic E-state index is 12.4. The van der Waals surface area contributed by atoms with E-state index in [0.29, 0.717) is 18.7 Å². The highest BCUT2D eigenvalue weighted by Crippen LogP contribution is 2.27. The lowest BCUT2D eigenvalue weighted by Gasteiger charge is -2.32. The summed E-state index contributed by atoms with van der Waals surface area (Å²) < 4.78 is 10.9. The fourth-order valence-corrected chi connectivity index (χ4v) is 5.33. The number of carboxylic acids is 1. The summed E-state index contributed by atoms with van der Waals surface area (Å²) in [6.45, 7) is 6.75. The van der Waals surface area contributed by atoms with Crippen molar-refractivity contribution in [2.24, 2.45) is 0 Å². The van der Waals surface area contributed by atoms with E-state index < -0.39 is 18.0 Å².